The Labute approximate surface area is 206 Å². The molecule has 0 radical (unpaired) electrons. The third-order valence-corrected chi connectivity index (χ3v) is 6.14. The molecule has 35 heavy (non-hydrogen) atoms. The molecular weight excluding hydrogens is 509 g/mol. The van der Waals surface area contributed by atoms with Gasteiger partial charge in [-0.25, -0.2) is 0 Å². The molecule has 14 heteroatoms. The minimum atomic E-state index is -4.79. The van der Waals surface area contributed by atoms with Gasteiger partial charge in [-0.2, -0.15) is 0 Å². The zero-order valence-corrected chi connectivity index (χ0v) is 20.0. The van der Waals surface area contributed by atoms with Crippen molar-refractivity contribution in [3.8, 4) is 17.2 Å². The highest BCUT2D eigenvalue weighted by molar-refractivity contribution is 8.01. The molecule has 0 spiro atoms. The maximum atomic E-state index is 12.3. The Bertz CT molecular complexity index is 1170. The molecule has 0 atom stereocenters. The van der Waals surface area contributed by atoms with Crippen molar-refractivity contribution in [2.24, 2.45) is 0 Å². The summed E-state index contributed by atoms with van der Waals surface area (Å²) >= 11 is 2.20. The van der Waals surface area contributed by atoms with Crippen molar-refractivity contribution in [2.75, 3.05) is 30.6 Å². The molecule has 0 bridgehead atoms. The molecule has 3 aromatic rings. The molecule has 2 aromatic carbocycles. The van der Waals surface area contributed by atoms with Crippen LogP contribution in [-0.2, 0) is 16.0 Å². The molecule has 186 valence electrons. The van der Waals surface area contributed by atoms with E-state index in [0.717, 1.165) is 35.2 Å². The Morgan fingerprint density at radius 1 is 0.971 bits per heavy atom. The van der Waals surface area contributed by atoms with Crippen LogP contribution in [0.1, 0.15) is 5.56 Å². The first-order chi connectivity index (χ1) is 16.6. The number of thioether (sulfide) groups is 1. The Morgan fingerprint density at radius 2 is 1.69 bits per heavy atom. The first-order valence-corrected chi connectivity index (χ1v) is 11.6. The van der Waals surface area contributed by atoms with Crippen LogP contribution >= 0.6 is 23.1 Å². The van der Waals surface area contributed by atoms with Crippen molar-refractivity contribution in [3.05, 3.63) is 48.0 Å². The molecule has 0 unspecified atom stereocenters. The monoisotopic (exact) mass is 528 g/mol. The zero-order valence-electron chi connectivity index (χ0n) is 18.3. The highest BCUT2D eigenvalue weighted by atomic mass is 32.2. The van der Waals surface area contributed by atoms with E-state index in [4.69, 9.17) is 9.47 Å². The molecule has 1 heterocycles. The number of carbonyl (C=O) groups excluding carboxylic acids is 2. The molecule has 9 nitrogen and oxygen atoms in total. The third kappa shape index (κ3) is 8.33. The number of benzene rings is 2. The van der Waals surface area contributed by atoms with Crippen LogP contribution in [0.15, 0.2) is 46.8 Å². The van der Waals surface area contributed by atoms with Crippen LogP contribution in [0.25, 0.3) is 0 Å². The highest BCUT2D eigenvalue weighted by Gasteiger charge is 2.31. The lowest BCUT2D eigenvalue weighted by Crippen LogP contribution is -2.17. The van der Waals surface area contributed by atoms with Crippen LogP contribution in [0.4, 0.5) is 24.0 Å². The first-order valence-electron chi connectivity index (χ1n) is 9.78. The van der Waals surface area contributed by atoms with Crippen LogP contribution < -0.4 is 24.8 Å². The summed E-state index contributed by atoms with van der Waals surface area (Å²) in [5, 5.41) is 13.3. The number of anilines is 2. The van der Waals surface area contributed by atoms with Gasteiger partial charge in [0.1, 0.15) is 5.75 Å². The number of methoxy groups -OCH3 is 2. The molecule has 0 aliphatic carbocycles. The van der Waals surface area contributed by atoms with Gasteiger partial charge in [0.2, 0.25) is 16.9 Å². The van der Waals surface area contributed by atoms with Crippen LogP contribution in [0.3, 0.4) is 0 Å². The molecule has 0 aliphatic rings. The number of carbonyl (C=O) groups is 2. The van der Waals surface area contributed by atoms with Crippen molar-refractivity contribution >= 4 is 45.7 Å². The summed E-state index contributed by atoms with van der Waals surface area (Å²) in [5.41, 5.74) is 1.03. The molecule has 0 fully saturated rings. The normalized spacial score (nSPS) is 11.0. The average molecular weight is 529 g/mol. The number of ether oxygens (including phenoxy) is 3. The molecular formula is C21H19F3N4O5S2. The molecule has 3 rings (SSSR count). The largest absolute Gasteiger partial charge is 0.573 e. The zero-order chi connectivity index (χ0) is 25.4. The van der Waals surface area contributed by atoms with E-state index in [9.17, 15) is 22.8 Å². The van der Waals surface area contributed by atoms with Gasteiger partial charge in [0.15, 0.2) is 15.8 Å². The Balaban J connectivity index is 1.46. The molecule has 1 aromatic heterocycles. The van der Waals surface area contributed by atoms with E-state index in [1.807, 2.05) is 0 Å². The van der Waals surface area contributed by atoms with E-state index in [1.165, 1.54) is 26.4 Å². The average Bonchev–Trinajstić information content (AvgIpc) is 3.25. The molecule has 0 saturated heterocycles. The quantitative estimate of drug-likeness (QED) is 0.295. The number of rotatable bonds is 10. The second-order valence-corrected chi connectivity index (χ2v) is 8.90. The fourth-order valence-corrected chi connectivity index (χ4v) is 4.29. The smallest absolute Gasteiger partial charge is 0.493 e. The van der Waals surface area contributed by atoms with Gasteiger partial charge >= 0.3 is 6.36 Å². The van der Waals surface area contributed by atoms with Crippen molar-refractivity contribution in [1.82, 2.24) is 10.2 Å². The first kappa shape index (κ1) is 26.1. The van der Waals surface area contributed by atoms with Gasteiger partial charge in [-0.05, 0) is 42.0 Å². The summed E-state index contributed by atoms with van der Waals surface area (Å²) in [6, 6.07) is 9.93. The van der Waals surface area contributed by atoms with Crippen molar-refractivity contribution in [3.63, 3.8) is 0 Å². The molecule has 0 aliphatic heterocycles. The van der Waals surface area contributed by atoms with E-state index in [1.54, 1.807) is 18.2 Å². The second-order valence-electron chi connectivity index (χ2n) is 6.70. The van der Waals surface area contributed by atoms with E-state index >= 15 is 0 Å². The number of hydrogen-bond acceptors (Lipinski definition) is 9. The van der Waals surface area contributed by atoms with Crippen LogP contribution in [0, 0.1) is 0 Å². The predicted octanol–water partition coefficient (Wildman–Crippen LogP) is 4.37. The Hall–Kier alpha value is -3.52. The molecule has 0 saturated carbocycles. The number of nitrogens with one attached hydrogen (secondary N) is 2. The van der Waals surface area contributed by atoms with Gasteiger partial charge in [0, 0.05) is 5.69 Å². The van der Waals surface area contributed by atoms with E-state index in [0.29, 0.717) is 27.1 Å². The summed E-state index contributed by atoms with van der Waals surface area (Å²) in [6.45, 7) is 0. The lowest BCUT2D eigenvalue weighted by molar-refractivity contribution is -0.274. The summed E-state index contributed by atoms with van der Waals surface area (Å²) in [6.07, 6.45) is -4.71. The van der Waals surface area contributed by atoms with Crippen molar-refractivity contribution in [1.29, 1.82) is 0 Å². The molecule has 2 N–H and O–H groups in total. The lowest BCUT2D eigenvalue weighted by Gasteiger charge is -2.09. The van der Waals surface area contributed by atoms with Gasteiger partial charge in [0.05, 0.1) is 26.4 Å². The number of aromatic nitrogens is 2. The van der Waals surface area contributed by atoms with Gasteiger partial charge in [-0.3, -0.25) is 9.59 Å². The third-order valence-electron chi connectivity index (χ3n) is 4.16. The van der Waals surface area contributed by atoms with Crippen molar-refractivity contribution in [2.45, 2.75) is 17.1 Å². The number of amides is 2. The topological polar surface area (TPSA) is 112 Å². The van der Waals surface area contributed by atoms with E-state index < -0.39 is 12.3 Å². The minimum Gasteiger partial charge on any atom is -0.493 e. The van der Waals surface area contributed by atoms with Gasteiger partial charge in [-0.15, -0.1) is 23.4 Å². The molecule has 2 amide bonds. The van der Waals surface area contributed by atoms with E-state index in [-0.39, 0.29) is 29.0 Å². The lowest BCUT2D eigenvalue weighted by atomic mass is 10.1. The minimum absolute atomic E-state index is 0.0188. The fourth-order valence-electron chi connectivity index (χ4n) is 2.72. The van der Waals surface area contributed by atoms with Crippen LogP contribution in [-0.4, -0.2) is 48.3 Å². The Kier molecular flexibility index (Phi) is 8.76. The Morgan fingerprint density at radius 3 is 2.34 bits per heavy atom. The number of nitrogens with zero attached hydrogens (tertiary/aromatic N) is 2. The van der Waals surface area contributed by atoms with Crippen molar-refractivity contribution < 1.29 is 37.0 Å². The van der Waals surface area contributed by atoms with E-state index in [2.05, 4.69) is 25.6 Å². The number of halogens is 3. The van der Waals surface area contributed by atoms with Crippen LogP contribution in [0.5, 0.6) is 17.2 Å². The summed E-state index contributed by atoms with van der Waals surface area (Å²) < 4.78 is 51.2. The van der Waals surface area contributed by atoms with Crippen LogP contribution in [0.2, 0.25) is 0 Å². The maximum Gasteiger partial charge on any atom is 0.573 e. The fraction of sp³-hybridized carbons (Fsp3) is 0.238. The summed E-state index contributed by atoms with van der Waals surface area (Å²) in [5.74, 6) is -0.0429. The maximum absolute atomic E-state index is 12.3. The summed E-state index contributed by atoms with van der Waals surface area (Å²) in [4.78, 5) is 24.4. The van der Waals surface area contributed by atoms with Gasteiger partial charge in [-0.1, -0.05) is 29.2 Å². The van der Waals surface area contributed by atoms with Gasteiger partial charge in [0.25, 0.3) is 0 Å². The predicted molar refractivity (Wildman–Crippen MR) is 124 cm³/mol. The summed E-state index contributed by atoms with van der Waals surface area (Å²) in [7, 11) is 3.03. The highest BCUT2D eigenvalue weighted by Crippen LogP contribution is 2.29. The standard InChI is InChI=1S/C21H19F3N4O5S2/c1-31-15-8-3-12(9-16(15)32-2)10-17(29)26-19-27-28-20(35-19)34-11-18(30)25-13-4-6-14(7-5-13)33-21(22,23)24/h3-9H,10-11H2,1-2H3,(H,25,30)(H,26,27,29). The second kappa shape index (κ2) is 11.8. The number of hydrogen-bond donors (Lipinski definition) is 2. The SMILES string of the molecule is COc1ccc(CC(=O)Nc2nnc(SCC(=O)Nc3ccc(OC(F)(F)F)cc3)s2)cc1OC. The number of alkyl halides is 3. The van der Waals surface area contributed by atoms with Gasteiger partial charge < -0.3 is 24.8 Å².